The second-order valence-electron chi connectivity index (χ2n) is 4.63. The SMILES string of the molecule is Brc1cc(CNc2nn[nH]n2)ccc1OCc1ccccc1. The number of benzene rings is 2. The van der Waals surface area contributed by atoms with Gasteiger partial charge in [0.25, 0.3) is 5.95 Å². The molecule has 0 aliphatic heterocycles. The van der Waals surface area contributed by atoms with Gasteiger partial charge < -0.3 is 10.1 Å². The molecule has 0 saturated carbocycles. The van der Waals surface area contributed by atoms with Crippen LogP contribution < -0.4 is 10.1 Å². The van der Waals surface area contributed by atoms with Crippen molar-refractivity contribution in [3.63, 3.8) is 0 Å². The highest BCUT2D eigenvalue weighted by Crippen LogP contribution is 2.27. The van der Waals surface area contributed by atoms with Crippen molar-refractivity contribution in [2.24, 2.45) is 0 Å². The number of H-pyrrole nitrogens is 1. The van der Waals surface area contributed by atoms with E-state index in [-0.39, 0.29) is 0 Å². The number of nitrogens with one attached hydrogen (secondary N) is 2. The minimum atomic E-state index is 0.473. The Morgan fingerprint density at radius 3 is 2.68 bits per heavy atom. The van der Waals surface area contributed by atoms with Gasteiger partial charge in [-0.2, -0.15) is 5.21 Å². The Labute approximate surface area is 136 Å². The molecule has 0 aliphatic carbocycles. The number of halogens is 1. The molecule has 0 fully saturated rings. The van der Waals surface area contributed by atoms with Gasteiger partial charge in [0, 0.05) is 6.54 Å². The predicted octanol–water partition coefficient (Wildman–Crippen LogP) is 3.15. The third kappa shape index (κ3) is 3.82. The average Bonchev–Trinajstić information content (AvgIpc) is 3.06. The molecule has 0 atom stereocenters. The lowest BCUT2D eigenvalue weighted by molar-refractivity contribution is 0.304. The Balaban J connectivity index is 1.59. The minimum absolute atomic E-state index is 0.473. The highest BCUT2D eigenvalue weighted by atomic mass is 79.9. The van der Waals surface area contributed by atoms with Crippen molar-refractivity contribution in [3.8, 4) is 5.75 Å². The molecule has 0 spiro atoms. The Bertz CT molecular complexity index is 718. The molecule has 2 N–H and O–H groups in total. The summed E-state index contributed by atoms with van der Waals surface area (Å²) in [5, 5.41) is 16.6. The van der Waals surface area contributed by atoms with Crippen LogP contribution in [0, 0.1) is 0 Å². The molecule has 0 amide bonds. The first kappa shape index (κ1) is 14.5. The van der Waals surface area contributed by atoms with Crippen molar-refractivity contribution in [1.29, 1.82) is 0 Å². The summed E-state index contributed by atoms with van der Waals surface area (Å²) in [6.07, 6.45) is 0. The largest absolute Gasteiger partial charge is 0.488 e. The fraction of sp³-hybridized carbons (Fsp3) is 0.133. The van der Waals surface area contributed by atoms with Gasteiger partial charge in [-0.1, -0.05) is 41.5 Å². The number of hydrogen-bond acceptors (Lipinski definition) is 5. The number of rotatable bonds is 6. The van der Waals surface area contributed by atoms with Gasteiger partial charge in [0.2, 0.25) is 0 Å². The molecular weight excluding hydrogens is 346 g/mol. The Hall–Kier alpha value is -2.41. The molecule has 2 aromatic carbocycles. The van der Waals surface area contributed by atoms with Crippen LogP contribution in [0.25, 0.3) is 0 Å². The van der Waals surface area contributed by atoms with E-state index in [1.165, 1.54) is 0 Å². The zero-order valence-corrected chi connectivity index (χ0v) is 13.2. The van der Waals surface area contributed by atoms with Crippen molar-refractivity contribution >= 4 is 21.9 Å². The smallest absolute Gasteiger partial charge is 0.263 e. The maximum Gasteiger partial charge on any atom is 0.263 e. The van der Waals surface area contributed by atoms with Crippen molar-refractivity contribution in [2.45, 2.75) is 13.2 Å². The van der Waals surface area contributed by atoms with Crippen LogP contribution in [-0.2, 0) is 13.2 Å². The summed E-state index contributed by atoms with van der Waals surface area (Å²) in [5.41, 5.74) is 2.22. The number of tetrazole rings is 1. The molecule has 0 bridgehead atoms. The van der Waals surface area contributed by atoms with Crippen molar-refractivity contribution in [1.82, 2.24) is 20.6 Å². The summed E-state index contributed by atoms with van der Waals surface area (Å²) in [5.74, 6) is 1.28. The normalized spacial score (nSPS) is 10.4. The summed E-state index contributed by atoms with van der Waals surface area (Å²) in [6.45, 7) is 1.15. The van der Waals surface area contributed by atoms with Crippen LogP contribution in [0.4, 0.5) is 5.95 Å². The molecule has 112 valence electrons. The van der Waals surface area contributed by atoms with Gasteiger partial charge in [0.1, 0.15) is 12.4 Å². The lowest BCUT2D eigenvalue weighted by Gasteiger charge is -2.10. The van der Waals surface area contributed by atoms with E-state index in [1.54, 1.807) is 0 Å². The van der Waals surface area contributed by atoms with E-state index >= 15 is 0 Å². The second-order valence-corrected chi connectivity index (χ2v) is 5.48. The standard InChI is InChI=1S/C15H14BrN5O/c16-13-8-12(9-17-15-18-20-21-19-15)6-7-14(13)22-10-11-4-2-1-3-5-11/h1-8H,9-10H2,(H2,17,18,19,20,21). The van der Waals surface area contributed by atoms with Gasteiger partial charge in [-0.15, -0.1) is 5.10 Å². The topological polar surface area (TPSA) is 75.7 Å². The lowest BCUT2D eigenvalue weighted by Crippen LogP contribution is -2.02. The van der Waals surface area contributed by atoms with Crippen LogP contribution in [0.15, 0.2) is 53.0 Å². The number of aromatic amines is 1. The number of anilines is 1. The third-order valence-corrected chi connectivity index (χ3v) is 3.65. The van der Waals surface area contributed by atoms with Gasteiger partial charge in [0.15, 0.2) is 0 Å². The molecule has 1 heterocycles. The molecule has 0 radical (unpaired) electrons. The van der Waals surface area contributed by atoms with Crippen molar-refractivity contribution < 1.29 is 4.74 Å². The number of aromatic nitrogens is 4. The minimum Gasteiger partial charge on any atom is -0.488 e. The second kappa shape index (κ2) is 7.04. The highest BCUT2D eigenvalue weighted by molar-refractivity contribution is 9.10. The van der Waals surface area contributed by atoms with Gasteiger partial charge in [-0.05, 0) is 44.4 Å². The number of nitrogens with zero attached hydrogens (tertiary/aromatic N) is 3. The monoisotopic (exact) mass is 359 g/mol. The van der Waals surface area contributed by atoms with Gasteiger partial charge in [-0.3, -0.25) is 0 Å². The first-order chi connectivity index (χ1) is 10.8. The van der Waals surface area contributed by atoms with Crippen LogP contribution in [0.2, 0.25) is 0 Å². The number of hydrogen-bond donors (Lipinski definition) is 2. The molecule has 1 aromatic heterocycles. The maximum absolute atomic E-state index is 5.82. The first-order valence-electron chi connectivity index (χ1n) is 6.74. The quantitative estimate of drug-likeness (QED) is 0.706. The van der Waals surface area contributed by atoms with E-state index in [2.05, 4.69) is 41.9 Å². The maximum atomic E-state index is 5.82. The molecule has 0 aliphatic rings. The van der Waals surface area contributed by atoms with Crippen LogP contribution in [-0.4, -0.2) is 20.6 Å². The Morgan fingerprint density at radius 1 is 1.09 bits per heavy atom. The zero-order chi connectivity index (χ0) is 15.2. The average molecular weight is 360 g/mol. The summed E-state index contributed by atoms with van der Waals surface area (Å²) in [6, 6.07) is 16.0. The van der Waals surface area contributed by atoms with Gasteiger partial charge >= 0.3 is 0 Å². The predicted molar refractivity (Wildman–Crippen MR) is 86.4 cm³/mol. The van der Waals surface area contributed by atoms with Crippen molar-refractivity contribution in [3.05, 3.63) is 64.1 Å². The van der Waals surface area contributed by atoms with E-state index < -0.39 is 0 Å². The summed E-state index contributed by atoms with van der Waals surface area (Å²) in [4.78, 5) is 0. The summed E-state index contributed by atoms with van der Waals surface area (Å²) < 4.78 is 6.73. The fourth-order valence-corrected chi connectivity index (χ4v) is 2.47. The highest BCUT2D eigenvalue weighted by Gasteiger charge is 2.04. The number of ether oxygens (including phenoxy) is 1. The van der Waals surface area contributed by atoms with Crippen LogP contribution >= 0.6 is 15.9 Å². The molecule has 0 unspecified atom stereocenters. The van der Waals surface area contributed by atoms with E-state index in [0.717, 1.165) is 21.3 Å². The molecule has 0 saturated heterocycles. The summed E-state index contributed by atoms with van der Waals surface area (Å²) in [7, 11) is 0. The first-order valence-corrected chi connectivity index (χ1v) is 7.53. The zero-order valence-electron chi connectivity index (χ0n) is 11.7. The van der Waals surface area contributed by atoms with Crippen molar-refractivity contribution in [2.75, 3.05) is 5.32 Å². The fourth-order valence-electron chi connectivity index (χ4n) is 1.92. The van der Waals surface area contributed by atoms with E-state index in [9.17, 15) is 0 Å². The van der Waals surface area contributed by atoms with Crippen LogP contribution in [0.3, 0.4) is 0 Å². The van der Waals surface area contributed by atoms with E-state index in [4.69, 9.17) is 4.74 Å². The third-order valence-electron chi connectivity index (χ3n) is 3.03. The Kier molecular flexibility index (Phi) is 4.65. The summed E-state index contributed by atoms with van der Waals surface area (Å²) >= 11 is 3.54. The Morgan fingerprint density at radius 2 is 1.95 bits per heavy atom. The van der Waals surface area contributed by atoms with Gasteiger partial charge in [-0.25, -0.2) is 0 Å². The molecule has 6 nitrogen and oxygen atoms in total. The van der Waals surface area contributed by atoms with E-state index in [0.29, 0.717) is 19.1 Å². The van der Waals surface area contributed by atoms with Crippen LogP contribution in [0.5, 0.6) is 5.75 Å². The molecule has 7 heteroatoms. The van der Waals surface area contributed by atoms with E-state index in [1.807, 2.05) is 48.5 Å². The van der Waals surface area contributed by atoms with Gasteiger partial charge in [0.05, 0.1) is 4.47 Å². The molecule has 3 aromatic rings. The molecule has 22 heavy (non-hydrogen) atoms. The van der Waals surface area contributed by atoms with Crippen LogP contribution in [0.1, 0.15) is 11.1 Å². The lowest BCUT2D eigenvalue weighted by atomic mass is 10.2. The molecular formula is C15H14BrN5O. The molecule has 3 rings (SSSR count).